The Morgan fingerprint density at radius 2 is 2.07 bits per heavy atom. The molecule has 2 nitrogen and oxygen atoms in total. The van der Waals surface area contributed by atoms with Gasteiger partial charge in [0.2, 0.25) is 0 Å². The van der Waals surface area contributed by atoms with Gasteiger partial charge in [0, 0.05) is 6.42 Å². The molecule has 1 aromatic heterocycles. The van der Waals surface area contributed by atoms with Gasteiger partial charge in [0.05, 0.1) is 5.38 Å². The fourth-order valence-corrected chi connectivity index (χ4v) is 2.17. The topological polar surface area (TPSA) is 25.8 Å². The minimum Gasteiger partial charge on any atom is -0.147 e. The number of rotatable bonds is 3. The number of aromatic nitrogens is 2. The van der Waals surface area contributed by atoms with Crippen LogP contribution in [0.1, 0.15) is 15.9 Å². The average molecular weight is 225 g/mol. The molecule has 0 saturated heterocycles. The molecule has 0 spiro atoms. The molecule has 2 rings (SSSR count). The number of nitrogens with zero attached hydrogens (tertiary/aromatic N) is 2. The summed E-state index contributed by atoms with van der Waals surface area (Å²) >= 11 is 7.78. The number of hydrogen-bond acceptors (Lipinski definition) is 3. The zero-order chi connectivity index (χ0) is 9.80. The van der Waals surface area contributed by atoms with Crippen molar-refractivity contribution in [1.29, 1.82) is 0 Å². The Kier molecular flexibility index (Phi) is 3.11. The van der Waals surface area contributed by atoms with Gasteiger partial charge >= 0.3 is 0 Å². The van der Waals surface area contributed by atoms with Gasteiger partial charge in [-0.25, -0.2) is 0 Å². The lowest BCUT2D eigenvalue weighted by molar-refractivity contribution is 0.877. The van der Waals surface area contributed by atoms with Crippen molar-refractivity contribution in [2.75, 3.05) is 0 Å². The SMILES string of the molecule is ClC(Cc1nncs1)c1ccccc1. The lowest BCUT2D eigenvalue weighted by atomic mass is 10.1. The van der Waals surface area contributed by atoms with E-state index in [1.54, 1.807) is 5.51 Å². The van der Waals surface area contributed by atoms with Crippen LogP contribution in [-0.4, -0.2) is 10.2 Å². The predicted octanol–water partition coefficient (Wildman–Crippen LogP) is 3.06. The van der Waals surface area contributed by atoms with Gasteiger partial charge in [0.1, 0.15) is 10.5 Å². The second kappa shape index (κ2) is 4.53. The van der Waals surface area contributed by atoms with E-state index in [2.05, 4.69) is 10.2 Å². The summed E-state index contributed by atoms with van der Waals surface area (Å²) in [6.45, 7) is 0. The van der Waals surface area contributed by atoms with Gasteiger partial charge < -0.3 is 0 Å². The van der Waals surface area contributed by atoms with Gasteiger partial charge in [0.25, 0.3) is 0 Å². The van der Waals surface area contributed by atoms with Crippen molar-refractivity contribution in [3.63, 3.8) is 0 Å². The van der Waals surface area contributed by atoms with Gasteiger partial charge in [-0.05, 0) is 5.56 Å². The van der Waals surface area contributed by atoms with E-state index in [0.29, 0.717) is 0 Å². The van der Waals surface area contributed by atoms with Crippen molar-refractivity contribution in [1.82, 2.24) is 10.2 Å². The van der Waals surface area contributed by atoms with E-state index in [4.69, 9.17) is 11.6 Å². The third-order valence-corrected chi connectivity index (χ3v) is 3.05. The van der Waals surface area contributed by atoms with Crippen LogP contribution in [0.15, 0.2) is 35.8 Å². The number of alkyl halides is 1. The van der Waals surface area contributed by atoms with Gasteiger partial charge in [0.15, 0.2) is 0 Å². The lowest BCUT2D eigenvalue weighted by Gasteiger charge is -2.06. The fraction of sp³-hybridized carbons (Fsp3) is 0.200. The van der Waals surface area contributed by atoms with Crippen molar-refractivity contribution >= 4 is 22.9 Å². The molecule has 0 saturated carbocycles. The number of hydrogen-bond donors (Lipinski definition) is 0. The molecule has 0 bridgehead atoms. The number of benzene rings is 1. The lowest BCUT2D eigenvalue weighted by Crippen LogP contribution is -1.95. The molecule has 0 radical (unpaired) electrons. The van der Waals surface area contributed by atoms with Crippen LogP contribution in [0.4, 0.5) is 0 Å². The fourth-order valence-electron chi connectivity index (χ4n) is 1.22. The van der Waals surface area contributed by atoms with E-state index in [1.807, 2.05) is 30.3 Å². The molecule has 0 fully saturated rings. The normalized spacial score (nSPS) is 12.6. The molecule has 1 unspecified atom stereocenters. The standard InChI is InChI=1S/C10H9ClN2S/c11-9(6-10-13-12-7-14-10)8-4-2-1-3-5-8/h1-5,7,9H,6H2. The smallest absolute Gasteiger partial charge is 0.119 e. The summed E-state index contributed by atoms with van der Waals surface area (Å²) in [5, 5.41) is 8.71. The summed E-state index contributed by atoms with van der Waals surface area (Å²) < 4.78 is 0. The molecule has 1 atom stereocenters. The van der Waals surface area contributed by atoms with Crippen molar-refractivity contribution < 1.29 is 0 Å². The number of halogens is 1. The van der Waals surface area contributed by atoms with E-state index < -0.39 is 0 Å². The molecular formula is C10H9ClN2S. The first-order valence-electron chi connectivity index (χ1n) is 4.30. The summed E-state index contributed by atoms with van der Waals surface area (Å²) in [5.41, 5.74) is 2.86. The highest BCUT2D eigenvalue weighted by Crippen LogP contribution is 2.24. The van der Waals surface area contributed by atoms with Crippen LogP contribution in [0.5, 0.6) is 0 Å². The summed E-state index contributed by atoms with van der Waals surface area (Å²) in [7, 11) is 0. The molecule has 0 aliphatic rings. The Bertz CT molecular complexity index is 374. The van der Waals surface area contributed by atoms with Crippen LogP contribution in [0, 0.1) is 0 Å². The first kappa shape index (κ1) is 9.62. The van der Waals surface area contributed by atoms with Crippen LogP contribution < -0.4 is 0 Å². The summed E-state index contributed by atoms with van der Waals surface area (Å²) in [4.78, 5) is 0. The summed E-state index contributed by atoms with van der Waals surface area (Å²) in [6.07, 6.45) is 0.746. The van der Waals surface area contributed by atoms with Gasteiger partial charge in [-0.15, -0.1) is 33.1 Å². The van der Waals surface area contributed by atoms with Crippen LogP contribution in [-0.2, 0) is 6.42 Å². The Labute approximate surface area is 91.6 Å². The average Bonchev–Trinajstić information content (AvgIpc) is 2.72. The van der Waals surface area contributed by atoms with E-state index in [-0.39, 0.29) is 5.38 Å². The minimum absolute atomic E-state index is 0.0100. The van der Waals surface area contributed by atoms with E-state index in [1.165, 1.54) is 11.3 Å². The first-order valence-corrected chi connectivity index (χ1v) is 5.62. The Morgan fingerprint density at radius 1 is 1.29 bits per heavy atom. The van der Waals surface area contributed by atoms with E-state index >= 15 is 0 Å². The monoisotopic (exact) mass is 224 g/mol. The van der Waals surface area contributed by atoms with Crippen molar-refractivity contribution in [3.05, 3.63) is 46.4 Å². The van der Waals surface area contributed by atoms with Crippen molar-refractivity contribution in [3.8, 4) is 0 Å². The molecule has 1 heterocycles. The second-order valence-electron chi connectivity index (χ2n) is 2.91. The van der Waals surface area contributed by atoms with Crippen LogP contribution in [0.25, 0.3) is 0 Å². The van der Waals surface area contributed by atoms with Gasteiger partial charge in [-0.2, -0.15) is 0 Å². The molecule has 1 aromatic carbocycles. The zero-order valence-corrected chi connectivity index (χ0v) is 9.00. The maximum Gasteiger partial charge on any atom is 0.119 e. The molecule has 0 aliphatic heterocycles. The third kappa shape index (κ3) is 2.30. The van der Waals surface area contributed by atoms with Gasteiger partial charge in [-0.1, -0.05) is 30.3 Å². The quantitative estimate of drug-likeness (QED) is 0.749. The minimum atomic E-state index is -0.0100. The predicted molar refractivity (Wildman–Crippen MR) is 58.6 cm³/mol. The highest BCUT2D eigenvalue weighted by atomic mass is 35.5. The molecule has 4 heteroatoms. The van der Waals surface area contributed by atoms with Crippen molar-refractivity contribution in [2.45, 2.75) is 11.8 Å². The maximum atomic E-state index is 6.24. The largest absolute Gasteiger partial charge is 0.147 e. The molecule has 14 heavy (non-hydrogen) atoms. The first-order chi connectivity index (χ1) is 6.86. The Morgan fingerprint density at radius 3 is 2.71 bits per heavy atom. The van der Waals surface area contributed by atoms with Crippen LogP contribution in [0.3, 0.4) is 0 Å². The molecule has 0 N–H and O–H groups in total. The zero-order valence-electron chi connectivity index (χ0n) is 7.43. The molecular weight excluding hydrogens is 216 g/mol. The van der Waals surface area contributed by atoms with Crippen LogP contribution in [0.2, 0.25) is 0 Å². The molecule has 2 aromatic rings. The molecule has 0 aliphatic carbocycles. The third-order valence-electron chi connectivity index (χ3n) is 1.92. The van der Waals surface area contributed by atoms with Crippen LogP contribution >= 0.6 is 22.9 Å². The highest BCUT2D eigenvalue weighted by Gasteiger charge is 2.09. The second-order valence-corrected chi connectivity index (χ2v) is 4.36. The Hall–Kier alpha value is -0.930. The van der Waals surface area contributed by atoms with E-state index in [9.17, 15) is 0 Å². The Balaban J connectivity index is 2.07. The maximum absolute atomic E-state index is 6.24. The highest BCUT2D eigenvalue weighted by molar-refractivity contribution is 7.09. The van der Waals surface area contributed by atoms with E-state index in [0.717, 1.165) is 17.0 Å². The molecule has 72 valence electrons. The summed E-state index contributed by atoms with van der Waals surface area (Å²) in [6, 6.07) is 10.0. The van der Waals surface area contributed by atoms with Gasteiger partial charge in [-0.3, -0.25) is 0 Å². The summed E-state index contributed by atoms with van der Waals surface area (Å²) in [5.74, 6) is 0. The van der Waals surface area contributed by atoms with Crippen molar-refractivity contribution in [2.24, 2.45) is 0 Å². The molecule has 0 amide bonds.